The highest BCUT2D eigenvalue weighted by Gasteiger charge is 2.18. The number of carbonyl (C=O) groups excluding carboxylic acids is 2. The molecule has 1 aromatic carbocycles. The summed E-state index contributed by atoms with van der Waals surface area (Å²) < 4.78 is 16.1. The van der Waals surface area contributed by atoms with Gasteiger partial charge in [-0.3, -0.25) is 9.59 Å². The highest BCUT2D eigenvalue weighted by atomic mass is 32.2. The van der Waals surface area contributed by atoms with E-state index in [4.69, 9.17) is 13.9 Å². The smallest absolute Gasteiger partial charge is 0.277 e. The number of aromatic nitrogens is 2. The van der Waals surface area contributed by atoms with Crippen molar-refractivity contribution in [3.63, 3.8) is 0 Å². The summed E-state index contributed by atoms with van der Waals surface area (Å²) in [6.07, 6.45) is 0.834. The summed E-state index contributed by atoms with van der Waals surface area (Å²) in [7, 11) is 3.10. The van der Waals surface area contributed by atoms with Crippen LogP contribution in [0, 0.1) is 0 Å². The molecule has 0 aliphatic rings. The number of nitrogens with one attached hydrogen (secondary N) is 2. The number of ether oxygens (including phenoxy) is 2. The molecular formula is C18H24N4O5S. The molecule has 0 saturated carbocycles. The van der Waals surface area contributed by atoms with Gasteiger partial charge in [-0.05, 0) is 25.5 Å². The van der Waals surface area contributed by atoms with Crippen LogP contribution in [0.4, 0.5) is 0 Å². The van der Waals surface area contributed by atoms with Crippen LogP contribution in [0.1, 0.15) is 20.3 Å². The van der Waals surface area contributed by atoms with Gasteiger partial charge < -0.3 is 24.5 Å². The molecule has 0 saturated heterocycles. The first kappa shape index (κ1) is 21.5. The Morgan fingerprint density at radius 1 is 1.25 bits per heavy atom. The van der Waals surface area contributed by atoms with E-state index < -0.39 is 6.04 Å². The summed E-state index contributed by atoms with van der Waals surface area (Å²) in [5, 5.41) is 13.5. The first-order chi connectivity index (χ1) is 13.5. The van der Waals surface area contributed by atoms with Crippen LogP contribution in [0.15, 0.2) is 27.8 Å². The van der Waals surface area contributed by atoms with Gasteiger partial charge in [0.25, 0.3) is 11.1 Å². The predicted molar refractivity (Wildman–Crippen MR) is 104 cm³/mol. The van der Waals surface area contributed by atoms with Gasteiger partial charge in [-0.15, -0.1) is 10.2 Å². The Labute approximate surface area is 167 Å². The van der Waals surface area contributed by atoms with Crippen molar-refractivity contribution in [3.8, 4) is 23.0 Å². The van der Waals surface area contributed by atoms with Crippen LogP contribution >= 0.6 is 11.8 Å². The number of nitrogens with zero attached hydrogens (tertiary/aromatic N) is 2. The van der Waals surface area contributed by atoms with Gasteiger partial charge in [0.05, 0.1) is 25.5 Å². The molecule has 0 unspecified atom stereocenters. The number of methoxy groups -OCH3 is 2. The van der Waals surface area contributed by atoms with Gasteiger partial charge in [0.2, 0.25) is 11.8 Å². The molecule has 0 spiro atoms. The van der Waals surface area contributed by atoms with Gasteiger partial charge >= 0.3 is 0 Å². The zero-order chi connectivity index (χ0) is 20.5. The fourth-order valence-corrected chi connectivity index (χ4v) is 2.80. The molecule has 2 N–H and O–H groups in total. The van der Waals surface area contributed by atoms with Crippen LogP contribution in [-0.2, 0) is 9.59 Å². The van der Waals surface area contributed by atoms with Crippen molar-refractivity contribution < 1.29 is 23.5 Å². The summed E-state index contributed by atoms with van der Waals surface area (Å²) >= 11 is 1.09. The van der Waals surface area contributed by atoms with Gasteiger partial charge in [-0.25, -0.2) is 0 Å². The largest absolute Gasteiger partial charge is 0.497 e. The van der Waals surface area contributed by atoms with Crippen molar-refractivity contribution >= 4 is 23.6 Å². The lowest BCUT2D eigenvalue weighted by molar-refractivity contribution is -0.127. The van der Waals surface area contributed by atoms with E-state index in [1.807, 2.05) is 6.92 Å². The number of benzene rings is 1. The Hall–Kier alpha value is -2.75. The van der Waals surface area contributed by atoms with Crippen LogP contribution in [0.5, 0.6) is 11.5 Å². The molecule has 9 nitrogen and oxygen atoms in total. The van der Waals surface area contributed by atoms with Crippen LogP contribution < -0.4 is 20.1 Å². The molecule has 28 heavy (non-hydrogen) atoms. The lowest BCUT2D eigenvalue weighted by atomic mass is 10.2. The molecule has 10 heteroatoms. The highest BCUT2D eigenvalue weighted by Crippen LogP contribution is 2.33. The summed E-state index contributed by atoms with van der Waals surface area (Å²) in [6, 6.07) is 4.61. The summed E-state index contributed by atoms with van der Waals surface area (Å²) in [5.41, 5.74) is 0.619. The standard InChI is InChI=1S/C18H24N4O5S/c1-5-8-19-16(24)11(2)20-15(23)10-28-18-22-21-17(27-18)13-7-6-12(25-3)9-14(13)26-4/h6-7,9,11H,5,8,10H2,1-4H3,(H,19,24)(H,20,23)/t11-/m0/s1. The molecule has 2 amide bonds. The molecule has 0 radical (unpaired) electrons. The van der Waals surface area contributed by atoms with Gasteiger partial charge in [0.15, 0.2) is 0 Å². The minimum absolute atomic E-state index is 0.0484. The van der Waals surface area contributed by atoms with Crippen molar-refractivity contribution in [2.45, 2.75) is 31.5 Å². The van der Waals surface area contributed by atoms with Crippen LogP contribution in [0.3, 0.4) is 0 Å². The normalized spacial score (nSPS) is 11.6. The average molecular weight is 408 g/mol. The monoisotopic (exact) mass is 408 g/mol. The Kier molecular flexibility index (Phi) is 8.12. The number of amides is 2. The van der Waals surface area contributed by atoms with E-state index in [0.29, 0.717) is 23.6 Å². The molecule has 152 valence electrons. The van der Waals surface area contributed by atoms with E-state index in [1.165, 1.54) is 7.11 Å². The topological polar surface area (TPSA) is 116 Å². The third kappa shape index (κ3) is 5.88. The van der Waals surface area contributed by atoms with Crippen LogP contribution in [-0.4, -0.2) is 54.6 Å². The van der Waals surface area contributed by atoms with Gasteiger partial charge in [-0.2, -0.15) is 0 Å². The van der Waals surface area contributed by atoms with Crippen molar-refractivity contribution in [1.82, 2.24) is 20.8 Å². The molecular weight excluding hydrogens is 384 g/mol. The summed E-state index contributed by atoms with van der Waals surface area (Å²) in [4.78, 5) is 23.8. The molecule has 1 atom stereocenters. The summed E-state index contributed by atoms with van der Waals surface area (Å²) in [5.74, 6) is 0.979. The Bertz CT molecular complexity index is 811. The van der Waals surface area contributed by atoms with E-state index in [1.54, 1.807) is 32.2 Å². The van der Waals surface area contributed by atoms with Crippen molar-refractivity contribution in [3.05, 3.63) is 18.2 Å². The second kappa shape index (κ2) is 10.5. The molecule has 0 bridgehead atoms. The van der Waals surface area contributed by atoms with Gasteiger partial charge in [0, 0.05) is 12.6 Å². The first-order valence-corrected chi connectivity index (χ1v) is 9.72. The minimum atomic E-state index is -0.610. The molecule has 0 fully saturated rings. The van der Waals surface area contributed by atoms with Gasteiger partial charge in [-0.1, -0.05) is 18.7 Å². The fourth-order valence-electron chi connectivity index (χ4n) is 2.23. The molecule has 0 aliphatic heterocycles. The maximum Gasteiger partial charge on any atom is 0.277 e. The number of hydrogen-bond acceptors (Lipinski definition) is 8. The maximum absolute atomic E-state index is 12.0. The number of hydrogen-bond donors (Lipinski definition) is 2. The zero-order valence-corrected chi connectivity index (χ0v) is 17.1. The molecule has 1 heterocycles. The number of rotatable bonds is 10. The third-order valence-corrected chi connectivity index (χ3v) is 4.51. The summed E-state index contributed by atoms with van der Waals surface area (Å²) in [6.45, 7) is 4.17. The van der Waals surface area contributed by atoms with E-state index in [2.05, 4.69) is 20.8 Å². The zero-order valence-electron chi connectivity index (χ0n) is 16.3. The quantitative estimate of drug-likeness (QED) is 0.573. The molecule has 0 aliphatic carbocycles. The van der Waals surface area contributed by atoms with Crippen LogP contribution in [0.2, 0.25) is 0 Å². The van der Waals surface area contributed by atoms with Crippen molar-refractivity contribution in [2.75, 3.05) is 26.5 Å². The lowest BCUT2D eigenvalue weighted by Gasteiger charge is -2.13. The van der Waals surface area contributed by atoms with Crippen LogP contribution in [0.25, 0.3) is 11.5 Å². The third-order valence-electron chi connectivity index (χ3n) is 3.69. The Morgan fingerprint density at radius 2 is 2.04 bits per heavy atom. The molecule has 1 aromatic heterocycles. The van der Waals surface area contributed by atoms with E-state index in [0.717, 1.165) is 18.2 Å². The fraction of sp³-hybridized carbons (Fsp3) is 0.444. The maximum atomic E-state index is 12.0. The van der Waals surface area contributed by atoms with E-state index >= 15 is 0 Å². The van der Waals surface area contributed by atoms with E-state index in [9.17, 15) is 9.59 Å². The minimum Gasteiger partial charge on any atom is -0.497 e. The lowest BCUT2D eigenvalue weighted by Crippen LogP contribution is -2.45. The SMILES string of the molecule is CCCNC(=O)[C@H](C)NC(=O)CSc1nnc(-c2ccc(OC)cc2OC)o1. The van der Waals surface area contributed by atoms with E-state index in [-0.39, 0.29) is 28.7 Å². The van der Waals surface area contributed by atoms with Gasteiger partial charge in [0.1, 0.15) is 17.5 Å². The molecule has 2 rings (SSSR count). The van der Waals surface area contributed by atoms with Crippen molar-refractivity contribution in [1.29, 1.82) is 0 Å². The Balaban J connectivity index is 1.93. The second-order valence-corrected chi connectivity index (χ2v) is 6.73. The van der Waals surface area contributed by atoms with Crippen molar-refractivity contribution in [2.24, 2.45) is 0 Å². The first-order valence-electron chi connectivity index (χ1n) is 8.74. The Morgan fingerprint density at radius 3 is 2.71 bits per heavy atom. The second-order valence-electron chi connectivity index (χ2n) is 5.81. The number of thioether (sulfide) groups is 1. The average Bonchev–Trinajstić information content (AvgIpc) is 3.18. The highest BCUT2D eigenvalue weighted by molar-refractivity contribution is 7.99. The predicted octanol–water partition coefficient (Wildman–Crippen LogP) is 1.88. The number of carbonyl (C=O) groups is 2. The molecule has 2 aromatic rings.